The van der Waals surface area contributed by atoms with Gasteiger partial charge in [-0.15, -0.1) is 11.3 Å². The van der Waals surface area contributed by atoms with Crippen molar-refractivity contribution in [2.24, 2.45) is 7.05 Å². The molecule has 2 aromatic heterocycles. The Morgan fingerprint density at radius 1 is 1.20 bits per heavy atom. The first-order chi connectivity index (χ1) is 14.6. The Kier molecular flexibility index (Phi) is 9.63. The van der Waals surface area contributed by atoms with Gasteiger partial charge < -0.3 is 15.2 Å². The molecule has 2 heterocycles. The maximum absolute atomic E-state index is 12.8. The fraction of sp³-hybridized carbons (Fsp3) is 0.318. The normalized spacial score (nSPS) is 11.2. The lowest BCUT2D eigenvalue weighted by Gasteiger charge is -2.17. The molecule has 0 bridgehead atoms. The molecule has 0 aliphatic heterocycles. The van der Waals surface area contributed by atoms with E-state index in [4.69, 9.17) is 0 Å². The number of anilines is 1. The van der Waals surface area contributed by atoms with Crippen LogP contribution in [0, 0.1) is 0 Å². The van der Waals surface area contributed by atoms with Gasteiger partial charge in [-0.1, -0.05) is 44.2 Å². The lowest BCUT2D eigenvalue weighted by Crippen LogP contribution is -2.44. The van der Waals surface area contributed by atoms with Crippen LogP contribution in [0.2, 0.25) is 0 Å². The third-order valence-electron chi connectivity index (χ3n) is 4.13. The van der Waals surface area contributed by atoms with E-state index in [0.717, 1.165) is 17.0 Å². The maximum atomic E-state index is 12.8. The van der Waals surface area contributed by atoms with E-state index in [0.29, 0.717) is 17.1 Å². The van der Waals surface area contributed by atoms with Crippen LogP contribution in [-0.4, -0.2) is 39.4 Å². The van der Waals surface area contributed by atoms with Gasteiger partial charge in [-0.25, -0.2) is 4.98 Å². The van der Waals surface area contributed by atoms with E-state index >= 15 is 0 Å². The summed E-state index contributed by atoms with van der Waals surface area (Å²) in [6.07, 6.45) is 6.04. The van der Waals surface area contributed by atoms with Crippen LogP contribution in [0.15, 0.2) is 54.2 Å². The Hall–Kier alpha value is -2.58. The summed E-state index contributed by atoms with van der Waals surface area (Å²) in [6.45, 7) is 4.00. The minimum absolute atomic E-state index is 0.257. The molecule has 0 radical (unpaired) electrons. The molecule has 0 fully saturated rings. The first-order valence-electron chi connectivity index (χ1n) is 9.80. The number of aryl methyl sites for hydroxylation is 1. The van der Waals surface area contributed by atoms with Gasteiger partial charge in [0.15, 0.2) is 5.13 Å². The zero-order valence-corrected chi connectivity index (χ0v) is 19.3. The molecule has 0 spiro atoms. The van der Waals surface area contributed by atoms with Gasteiger partial charge in [-0.2, -0.15) is 11.8 Å². The monoisotopic (exact) mass is 444 g/mol. The van der Waals surface area contributed by atoms with Crippen molar-refractivity contribution in [1.82, 2.24) is 14.9 Å². The minimum Gasteiger partial charge on any atom is -0.356 e. The van der Waals surface area contributed by atoms with Gasteiger partial charge in [-0.3, -0.25) is 9.59 Å². The van der Waals surface area contributed by atoms with Crippen molar-refractivity contribution in [3.05, 3.63) is 59.7 Å². The standard InChI is InChI=1S/C20H22N4O2S2.C2H6/c1-24-10-8-15(12-24)18(25)21-16(9-11-27-2)19(26)23-20-22-17(13-28-20)14-6-4-3-5-7-14;1-2/h3-8,10,12-13,16H,9,11H2,1-2H3,(H,21,25)(H,22,23,26);1-2H3. The summed E-state index contributed by atoms with van der Waals surface area (Å²) in [6, 6.07) is 10.9. The second kappa shape index (κ2) is 12.2. The van der Waals surface area contributed by atoms with Crippen molar-refractivity contribution in [3.63, 3.8) is 0 Å². The van der Waals surface area contributed by atoms with Gasteiger partial charge in [-0.05, 0) is 24.5 Å². The molecule has 0 aliphatic carbocycles. The molecule has 1 atom stereocenters. The predicted molar refractivity (Wildman–Crippen MR) is 127 cm³/mol. The van der Waals surface area contributed by atoms with E-state index in [1.54, 1.807) is 34.8 Å². The average molecular weight is 445 g/mol. The second-order valence-electron chi connectivity index (χ2n) is 6.27. The minimum atomic E-state index is -0.621. The number of thiazole rings is 1. The molecule has 6 nitrogen and oxygen atoms in total. The summed E-state index contributed by atoms with van der Waals surface area (Å²) < 4.78 is 1.80. The van der Waals surface area contributed by atoms with Gasteiger partial charge in [0.05, 0.1) is 11.3 Å². The zero-order chi connectivity index (χ0) is 21.9. The van der Waals surface area contributed by atoms with Crippen molar-refractivity contribution in [2.45, 2.75) is 26.3 Å². The molecule has 1 aromatic carbocycles. The first kappa shape index (κ1) is 23.7. The summed E-state index contributed by atoms with van der Waals surface area (Å²) in [5.74, 6) is 0.249. The molecule has 3 aromatic rings. The first-order valence-corrected chi connectivity index (χ1v) is 12.1. The number of nitrogens with zero attached hydrogens (tertiary/aromatic N) is 2. The summed E-state index contributed by atoms with van der Waals surface area (Å²) in [7, 11) is 1.85. The van der Waals surface area contributed by atoms with Crippen LogP contribution in [0.3, 0.4) is 0 Å². The Bertz CT molecular complexity index is 938. The highest BCUT2D eigenvalue weighted by Crippen LogP contribution is 2.24. The topological polar surface area (TPSA) is 76.0 Å². The third kappa shape index (κ3) is 6.74. The third-order valence-corrected chi connectivity index (χ3v) is 5.53. The van der Waals surface area contributed by atoms with Crippen molar-refractivity contribution in [1.29, 1.82) is 0 Å². The number of hydrogen-bond acceptors (Lipinski definition) is 5. The van der Waals surface area contributed by atoms with E-state index in [2.05, 4.69) is 15.6 Å². The van der Waals surface area contributed by atoms with E-state index in [1.807, 2.05) is 62.9 Å². The van der Waals surface area contributed by atoms with Gasteiger partial charge >= 0.3 is 0 Å². The molecule has 30 heavy (non-hydrogen) atoms. The second-order valence-corrected chi connectivity index (χ2v) is 8.11. The number of rotatable bonds is 8. The Morgan fingerprint density at radius 3 is 2.57 bits per heavy atom. The molecule has 160 valence electrons. The van der Waals surface area contributed by atoms with Crippen molar-refractivity contribution < 1.29 is 9.59 Å². The Morgan fingerprint density at radius 2 is 1.93 bits per heavy atom. The summed E-state index contributed by atoms with van der Waals surface area (Å²) in [4.78, 5) is 29.7. The highest BCUT2D eigenvalue weighted by atomic mass is 32.2. The van der Waals surface area contributed by atoms with Crippen molar-refractivity contribution >= 4 is 40.0 Å². The van der Waals surface area contributed by atoms with Crippen molar-refractivity contribution in [3.8, 4) is 11.3 Å². The predicted octanol–water partition coefficient (Wildman–Crippen LogP) is 4.67. The lowest BCUT2D eigenvalue weighted by atomic mass is 10.2. The molecule has 8 heteroatoms. The van der Waals surface area contributed by atoms with Crippen LogP contribution in [0.25, 0.3) is 11.3 Å². The number of nitrogens with one attached hydrogen (secondary N) is 2. The quantitative estimate of drug-likeness (QED) is 0.530. The molecule has 1 unspecified atom stereocenters. The number of benzene rings is 1. The fourth-order valence-electron chi connectivity index (χ4n) is 2.65. The van der Waals surface area contributed by atoms with Gasteiger partial charge in [0, 0.05) is 30.4 Å². The molecular formula is C22H28N4O2S2. The van der Waals surface area contributed by atoms with Gasteiger partial charge in [0.2, 0.25) is 5.91 Å². The number of hydrogen-bond donors (Lipinski definition) is 2. The molecule has 0 aliphatic rings. The van der Waals surface area contributed by atoms with Crippen LogP contribution < -0.4 is 10.6 Å². The van der Waals surface area contributed by atoms with Crippen LogP contribution in [0.5, 0.6) is 0 Å². The Balaban J connectivity index is 0.00000155. The summed E-state index contributed by atoms with van der Waals surface area (Å²) in [5.41, 5.74) is 2.34. The zero-order valence-electron chi connectivity index (χ0n) is 17.7. The largest absolute Gasteiger partial charge is 0.356 e. The van der Waals surface area contributed by atoms with E-state index in [9.17, 15) is 9.59 Å². The lowest BCUT2D eigenvalue weighted by molar-refractivity contribution is -0.118. The SMILES string of the molecule is CC.CSCCC(NC(=O)c1ccn(C)c1)C(=O)Nc1nc(-c2ccccc2)cs1. The van der Waals surface area contributed by atoms with E-state index in [1.165, 1.54) is 11.3 Å². The number of carbonyl (C=O) groups excluding carboxylic acids is 2. The highest BCUT2D eigenvalue weighted by Gasteiger charge is 2.22. The molecule has 2 amide bonds. The molecular weight excluding hydrogens is 416 g/mol. The van der Waals surface area contributed by atoms with Crippen LogP contribution in [0.1, 0.15) is 30.6 Å². The van der Waals surface area contributed by atoms with Crippen LogP contribution in [-0.2, 0) is 11.8 Å². The smallest absolute Gasteiger partial charge is 0.253 e. The molecule has 0 saturated carbocycles. The average Bonchev–Trinajstić information content (AvgIpc) is 3.42. The number of thioether (sulfide) groups is 1. The van der Waals surface area contributed by atoms with Crippen LogP contribution >= 0.6 is 23.1 Å². The number of carbonyl (C=O) groups is 2. The molecule has 2 N–H and O–H groups in total. The van der Waals surface area contributed by atoms with Gasteiger partial charge in [0.1, 0.15) is 6.04 Å². The van der Waals surface area contributed by atoms with Gasteiger partial charge in [0.25, 0.3) is 5.91 Å². The summed E-state index contributed by atoms with van der Waals surface area (Å²) >= 11 is 3.00. The van der Waals surface area contributed by atoms with Crippen LogP contribution in [0.4, 0.5) is 5.13 Å². The Labute approximate surface area is 186 Å². The fourth-order valence-corrected chi connectivity index (χ4v) is 3.84. The molecule has 3 rings (SSSR count). The van der Waals surface area contributed by atoms with E-state index < -0.39 is 6.04 Å². The highest BCUT2D eigenvalue weighted by molar-refractivity contribution is 7.98. The summed E-state index contributed by atoms with van der Waals surface area (Å²) in [5, 5.41) is 8.11. The maximum Gasteiger partial charge on any atom is 0.253 e. The number of amides is 2. The number of aromatic nitrogens is 2. The van der Waals surface area contributed by atoms with Crippen molar-refractivity contribution in [2.75, 3.05) is 17.3 Å². The van der Waals surface area contributed by atoms with E-state index in [-0.39, 0.29) is 11.8 Å². The molecule has 0 saturated heterocycles.